The van der Waals surface area contributed by atoms with Gasteiger partial charge in [0.1, 0.15) is 0 Å². The quantitative estimate of drug-likeness (QED) is 0.553. The van der Waals surface area contributed by atoms with E-state index in [1.807, 2.05) is 19.1 Å². The fourth-order valence-electron chi connectivity index (χ4n) is 3.39. The number of hydrogen-bond acceptors (Lipinski definition) is 4. The number of nitrogens with zero attached hydrogens (tertiary/aromatic N) is 2. The Morgan fingerprint density at radius 1 is 1.37 bits per heavy atom. The number of hydrogen-bond donors (Lipinski definition) is 0. The smallest absolute Gasteiger partial charge is 0.241 e. The van der Waals surface area contributed by atoms with Gasteiger partial charge in [-0.15, -0.1) is 0 Å². The first kappa shape index (κ1) is 10.9. The van der Waals surface area contributed by atoms with E-state index in [-0.39, 0.29) is 23.8 Å². The van der Waals surface area contributed by atoms with Crippen molar-refractivity contribution in [3.8, 4) is 0 Å². The van der Waals surface area contributed by atoms with Gasteiger partial charge >= 0.3 is 0 Å². The van der Waals surface area contributed by atoms with E-state index in [4.69, 9.17) is 4.74 Å². The Bertz CT molecular complexity index is 612. The molecule has 2 fully saturated rings. The first-order valence-electron chi connectivity index (χ1n) is 6.27. The molecule has 3 aliphatic rings. The Labute approximate surface area is 109 Å². The molecule has 2 bridgehead atoms. The molecule has 1 aromatic heterocycles. The lowest BCUT2D eigenvalue weighted by atomic mass is 9.78. The minimum absolute atomic E-state index is 0.180. The Morgan fingerprint density at radius 2 is 2.21 bits per heavy atom. The fourth-order valence-corrected chi connectivity index (χ4v) is 3.39. The fraction of sp³-hybridized carbons (Fsp3) is 0.357. The summed E-state index contributed by atoms with van der Waals surface area (Å²) in [4.78, 5) is 30.3. The first-order chi connectivity index (χ1) is 9.12. The van der Waals surface area contributed by atoms with Crippen molar-refractivity contribution in [2.75, 3.05) is 4.90 Å². The Morgan fingerprint density at radius 3 is 2.89 bits per heavy atom. The summed E-state index contributed by atoms with van der Waals surface area (Å²) >= 11 is 0. The molecule has 0 radical (unpaired) electrons. The van der Waals surface area contributed by atoms with Gasteiger partial charge in [-0.3, -0.25) is 14.6 Å². The zero-order chi connectivity index (χ0) is 13.2. The second-order valence-electron chi connectivity index (χ2n) is 5.35. The van der Waals surface area contributed by atoms with Gasteiger partial charge in [0.15, 0.2) is 0 Å². The van der Waals surface area contributed by atoms with Crippen molar-refractivity contribution in [3.63, 3.8) is 0 Å². The van der Waals surface area contributed by atoms with Crippen LogP contribution in [-0.2, 0) is 14.3 Å². The molecule has 0 spiro atoms. The molecule has 4 atom stereocenters. The maximum absolute atomic E-state index is 12.6. The minimum atomic E-state index is -0.640. The monoisotopic (exact) mass is 256 g/mol. The number of fused-ring (bicyclic) bond motifs is 5. The van der Waals surface area contributed by atoms with E-state index >= 15 is 0 Å². The lowest BCUT2D eigenvalue weighted by Crippen LogP contribution is -2.38. The molecule has 4 rings (SSSR count). The molecule has 5 heteroatoms. The summed E-state index contributed by atoms with van der Waals surface area (Å²) < 4.78 is 5.76. The molecule has 0 N–H and O–H groups in total. The molecule has 0 saturated carbocycles. The molecule has 2 saturated heterocycles. The van der Waals surface area contributed by atoms with Crippen LogP contribution in [-0.4, -0.2) is 28.5 Å². The van der Waals surface area contributed by atoms with Crippen molar-refractivity contribution >= 4 is 17.5 Å². The minimum Gasteiger partial charge on any atom is -0.362 e. The third-order valence-electron chi connectivity index (χ3n) is 4.23. The highest BCUT2D eigenvalue weighted by atomic mass is 16.5. The number of amides is 2. The van der Waals surface area contributed by atoms with Crippen LogP contribution in [0.5, 0.6) is 0 Å². The van der Waals surface area contributed by atoms with Crippen LogP contribution in [0.25, 0.3) is 0 Å². The Kier molecular flexibility index (Phi) is 1.89. The number of anilines is 1. The van der Waals surface area contributed by atoms with E-state index in [0.717, 1.165) is 0 Å². The Balaban J connectivity index is 1.80. The lowest BCUT2D eigenvalue weighted by molar-refractivity contribution is -0.126. The van der Waals surface area contributed by atoms with Gasteiger partial charge < -0.3 is 4.74 Å². The molecule has 0 unspecified atom stereocenters. The van der Waals surface area contributed by atoms with Crippen LogP contribution in [0, 0.1) is 11.8 Å². The molecule has 96 valence electrons. The number of carbonyl (C=O) groups excluding carboxylic acids is 2. The van der Waals surface area contributed by atoms with Crippen LogP contribution in [0.2, 0.25) is 0 Å². The van der Waals surface area contributed by atoms with Gasteiger partial charge in [-0.2, -0.15) is 0 Å². The summed E-state index contributed by atoms with van der Waals surface area (Å²) in [5.74, 6) is -1.16. The van der Waals surface area contributed by atoms with E-state index in [0.29, 0.717) is 5.69 Å². The number of aromatic nitrogens is 1. The van der Waals surface area contributed by atoms with Crippen molar-refractivity contribution in [2.24, 2.45) is 11.8 Å². The highest BCUT2D eigenvalue weighted by Gasteiger charge is 2.66. The summed E-state index contributed by atoms with van der Waals surface area (Å²) in [6.45, 7) is 1.87. The molecule has 0 aliphatic carbocycles. The summed E-state index contributed by atoms with van der Waals surface area (Å²) in [6, 6.07) is 3.44. The summed E-state index contributed by atoms with van der Waals surface area (Å²) in [6.07, 6.45) is 6.67. The molecule has 4 heterocycles. The van der Waals surface area contributed by atoms with Crippen LogP contribution < -0.4 is 4.90 Å². The average molecular weight is 256 g/mol. The van der Waals surface area contributed by atoms with Crippen LogP contribution in [0.15, 0.2) is 36.7 Å². The summed E-state index contributed by atoms with van der Waals surface area (Å²) in [5.41, 5.74) is -0.103. The van der Waals surface area contributed by atoms with Crippen molar-refractivity contribution in [3.05, 3.63) is 36.7 Å². The van der Waals surface area contributed by atoms with Gasteiger partial charge in [0.05, 0.1) is 35.4 Å². The molecule has 2 amide bonds. The van der Waals surface area contributed by atoms with E-state index in [9.17, 15) is 9.59 Å². The van der Waals surface area contributed by atoms with Crippen LogP contribution in [0.4, 0.5) is 5.69 Å². The molecule has 5 nitrogen and oxygen atoms in total. The van der Waals surface area contributed by atoms with E-state index < -0.39 is 11.5 Å². The largest absolute Gasteiger partial charge is 0.362 e. The highest BCUT2D eigenvalue weighted by molar-refractivity contribution is 6.23. The SMILES string of the molecule is C[C@@]12C=C[C@@H](O1)[C@@H]1C(=O)N(c3cccnc3)C(=O)[C@@H]12. The second-order valence-corrected chi connectivity index (χ2v) is 5.35. The predicted octanol–water partition coefficient (Wildman–Crippen LogP) is 0.914. The normalized spacial score (nSPS) is 39.2. The zero-order valence-electron chi connectivity index (χ0n) is 10.3. The van der Waals surface area contributed by atoms with Crippen LogP contribution in [0.1, 0.15) is 6.92 Å². The van der Waals surface area contributed by atoms with Crippen LogP contribution >= 0.6 is 0 Å². The van der Waals surface area contributed by atoms with Crippen molar-refractivity contribution in [1.82, 2.24) is 4.98 Å². The van der Waals surface area contributed by atoms with E-state index in [1.54, 1.807) is 18.3 Å². The highest BCUT2D eigenvalue weighted by Crippen LogP contribution is 2.52. The lowest BCUT2D eigenvalue weighted by Gasteiger charge is -2.23. The second kappa shape index (κ2) is 3.30. The van der Waals surface area contributed by atoms with E-state index in [2.05, 4.69) is 4.98 Å². The zero-order valence-corrected chi connectivity index (χ0v) is 10.3. The van der Waals surface area contributed by atoms with Gasteiger partial charge in [0.2, 0.25) is 11.8 Å². The third-order valence-corrected chi connectivity index (χ3v) is 4.23. The molecule has 19 heavy (non-hydrogen) atoms. The van der Waals surface area contributed by atoms with E-state index in [1.165, 1.54) is 11.1 Å². The van der Waals surface area contributed by atoms with Gasteiger partial charge in [-0.25, -0.2) is 4.90 Å². The van der Waals surface area contributed by atoms with Gasteiger partial charge in [-0.1, -0.05) is 12.2 Å². The maximum atomic E-state index is 12.6. The number of pyridine rings is 1. The van der Waals surface area contributed by atoms with Gasteiger partial charge in [0, 0.05) is 6.20 Å². The van der Waals surface area contributed by atoms with Crippen LogP contribution in [0.3, 0.4) is 0 Å². The average Bonchev–Trinajstić information content (AvgIpc) is 3.00. The predicted molar refractivity (Wildman–Crippen MR) is 66.1 cm³/mol. The summed E-state index contributed by atoms with van der Waals surface area (Å²) in [5, 5.41) is 0. The summed E-state index contributed by atoms with van der Waals surface area (Å²) in [7, 11) is 0. The topological polar surface area (TPSA) is 59.5 Å². The first-order valence-corrected chi connectivity index (χ1v) is 6.27. The number of carbonyl (C=O) groups is 2. The van der Waals surface area contributed by atoms with Crippen molar-refractivity contribution < 1.29 is 14.3 Å². The van der Waals surface area contributed by atoms with Crippen molar-refractivity contribution in [2.45, 2.75) is 18.6 Å². The molecule has 1 aromatic rings. The van der Waals surface area contributed by atoms with Gasteiger partial charge in [0.25, 0.3) is 0 Å². The number of rotatable bonds is 1. The van der Waals surface area contributed by atoms with Gasteiger partial charge in [-0.05, 0) is 19.1 Å². The standard InChI is InChI=1S/C14H12N2O3/c1-14-5-4-9(19-14)10-11(14)13(18)16(12(10)17)8-3-2-6-15-7-8/h2-7,9-11H,1H3/t9-,10+,11-,14+/m1/s1. The molecule has 0 aromatic carbocycles. The maximum Gasteiger partial charge on any atom is 0.241 e. The number of imide groups is 1. The third kappa shape index (κ3) is 1.20. The molecular weight excluding hydrogens is 244 g/mol. The molecular formula is C14H12N2O3. The van der Waals surface area contributed by atoms with Crippen molar-refractivity contribution in [1.29, 1.82) is 0 Å². The molecule has 3 aliphatic heterocycles. The Hall–Kier alpha value is -2.01. The number of ether oxygens (including phenoxy) is 1.